The highest BCUT2D eigenvalue weighted by Gasteiger charge is 2.14. The summed E-state index contributed by atoms with van der Waals surface area (Å²) in [6, 6.07) is 19.9. The molecule has 2 heteroatoms. The van der Waals surface area contributed by atoms with E-state index in [1.54, 1.807) is 0 Å². The van der Waals surface area contributed by atoms with Crippen molar-refractivity contribution in [2.24, 2.45) is 0 Å². The Morgan fingerprint density at radius 3 is 1.50 bits per heavy atom. The lowest BCUT2D eigenvalue weighted by molar-refractivity contribution is 0.460. The summed E-state index contributed by atoms with van der Waals surface area (Å²) in [7, 11) is 0. The molecule has 2 aliphatic heterocycles. The van der Waals surface area contributed by atoms with Gasteiger partial charge in [-0.25, -0.2) is 0 Å². The normalized spacial score (nSPS) is 18.3. The van der Waals surface area contributed by atoms with Crippen LogP contribution in [0, 0.1) is 6.92 Å². The fourth-order valence-electron chi connectivity index (χ4n) is 3.87. The molecule has 2 N–H and O–H groups in total. The molecule has 0 unspecified atom stereocenters. The Morgan fingerprint density at radius 2 is 1.04 bits per heavy atom. The van der Waals surface area contributed by atoms with Crippen molar-refractivity contribution in [2.45, 2.75) is 51.9 Å². The van der Waals surface area contributed by atoms with Gasteiger partial charge in [0.15, 0.2) is 0 Å². The van der Waals surface area contributed by atoms with E-state index >= 15 is 0 Å². The standard InChI is InChI=1S/C12H17N.C11H15N.CH4/c1-10-2-4-11(5-3-10)12-6-8-13-9-7-12;1-2-4-10(5-3-1)11-6-8-12-9-7-11;/h2-5,12-13H,6-9H2,1H3;1-5,11-12H,6-9H2;1H4. The number of hydrogen-bond donors (Lipinski definition) is 2. The first-order valence-corrected chi connectivity index (χ1v) is 9.86. The summed E-state index contributed by atoms with van der Waals surface area (Å²) in [4.78, 5) is 0. The topological polar surface area (TPSA) is 24.1 Å². The second kappa shape index (κ2) is 11.2. The minimum absolute atomic E-state index is 0. The summed E-state index contributed by atoms with van der Waals surface area (Å²) in [5.74, 6) is 1.59. The molecule has 0 saturated carbocycles. The van der Waals surface area contributed by atoms with Gasteiger partial charge in [-0.05, 0) is 81.7 Å². The van der Waals surface area contributed by atoms with Gasteiger partial charge in [0, 0.05) is 0 Å². The second-order valence-corrected chi connectivity index (χ2v) is 7.37. The van der Waals surface area contributed by atoms with Crippen LogP contribution in [0.2, 0.25) is 0 Å². The number of nitrogens with one attached hydrogen (secondary N) is 2. The lowest BCUT2D eigenvalue weighted by atomic mass is 9.90. The maximum Gasteiger partial charge on any atom is -0.00431 e. The van der Waals surface area contributed by atoms with Gasteiger partial charge in [0.25, 0.3) is 0 Å². The van der Waals surface area contributed by atoms with Crippen LogP contribution in [0.15, 0.2) is 54.6 Å². The van der Waals surface area contributed by atoms with Crippen molar-refractivity contribution in [3.8, 4) is 0 Å². The van der Waals surface area contributed by atoms with Crippen LogP contribution in [0.4, 0.5) is 0 Å². The van der Waals surface area contributed by atoms with Crippen LogP contribution in [0.5, 0.6) is 0 Å². The highest BCUT2D eigenvalue weighted by atomic mass is 14.9. The van der Waals surface area contributed by atoms with E-state index in [1.165, 1.54) is 68.6 Å². The maximum atomic E-state index is 3.40. The smallest absolute Gasteiger partial charge is 0.00431 e. The predicted molar refractivity (Wildman–Crippen MR) is 114 cm³/mol. The first-order chi connectivity index (χ1) is 12.3. The van der Waals surface area contributed by atoms with Gasteiger partial charge in [0.05, 0.1) is 0 Å². The zero-order valence-corrected chi connectivity index (χ0v) is 15.5. The molecule has 2 fully saturated rings. The molecule has 0 bridgehead atoms. The first kappa shape index (κ1) is 20.7. The van der Waals surface area contributed by atoms with Crippen molar-refractivity contribution in [3.63, 3.8) is 0 Å². The average molecular weight is 353 g/mol. The van der Waals surface area contributed by atoms with E-state index in [1.807, 2.05) is 0 Å². The molecule has 2 heterocycles. The minimum atomic E-state index is 0. The average Bonchev–Trinajstić information content (AvgIpc) is 2.71. The van der Waals surface area contributed by atoms with Crippen molar-refractivity contribution in [3.05, 3.63) is 71.3 Å². The number of piperidine rings is 2. The van der Waals surface area contributed by atoms with E-state index in [-0.39, 0.29) is 7.43 Å². The van der Waals surface area contributed by atoms with Crippen molar-refractivity contribution < 1.29 is 0 Å². The fraction of sp³-hybridized carbons (Fsp3) is 0.500. The van der Waals surface area contributed by atoms with Crippen LogP contribution >= 0.6 is 0 Å². The molecule has 0 aliphatic carbocycles. The highest BCUT2D eigenvalue weighted by molar-refractivity contribution is 5.25. The Balaban J connectivity index is 0.000000180. The van der Waals surface area contributed by atoms with Gasteiger partial charge in [-0.15, -0.1) is 0 Å². The quantitative estimate of drug-likeness (QED) is 0.771. The SMILES string of the molecule is C.Cc1ccc(C2CCNCC2)cc1.c1ccc(C2CCNCC2)cc1. The van der Waals surface area contributed by atoms with Crippen molar-refractivity contribution in [1.82, 2.24) is 10.6 Å². The number of hydrogen-bond acceptors (Lipinski definition) is 2. The molecule has 2 nitrogen and oxygen atoms in total. The number of benzene rings is 2. The van der Waals surface area contributed by atoms with E-state index in [9.17, 15) is 0 Å². The molecule has 0 amide bonds. The molecule has 26 heavy (non-hydrogen) atoms. The molecule has 2 saturated heterocycles. The fourth-order valence-corrected chi connectivity index (χ4v) is 3.87. The van der Waals surface area contributed by atoms with E-state index < -0.39 is 0 Å². The Hall–Kier alpha value is -1.64. The van der Waals surface area contributed by atoms with E-state index in [2.05, 4.69) is 72.2 Å². The summed E-state index contributed by atoms with van der Waals surface area (Å²) >= 11 is 0. The van der Waals surface area contributed by atoms with E-state index in [0.29, 0.717) is 0 Å². The molecule has 142 valence electrons. The zero-order valence-electron chi connectivity index (χ0n) is 15.5. The minimum Gasteiger partial charge on any atom is -0.317 e. The first-order valence-electron chi connectivity index (χ1n) is 9.86. The van der Waals surface area contributed by atoms with Crippen molar-refractivity contribution in [1.29, 1.82) is 0 Å². The Morgan fingerprint density at radius 1 is 0.615 bits per heavy atom. The number of aryl methyl sites for hydroxylation is 1. The van der Waals surface area contributed by atoms with Crippen molar-refractivity contribution >= 4 is 0 Å². The largest absolute Gasteiger partial charge is 0.317 e. The zero-order chi connectivity index (χ0) is 17.3. The van der Waals surface area contributed by atoms with Crippen LogP contribution in [0.25, 0.3) is 0 Å². The molecular formula is C24H36N2. The van der Waals surface area contributed by atoms with Gasteiger partial charge in [-0.2, -0.15) is 0 Å². The van der Waals surface area contributed by atoms with Crippen LogP contribution in [-0.4, -0.2) is 26.2 Å². The lowest BCUT2D eigenvalue weighted by Gasteiger charge is -2.22. The molecule has 2 aromatic carbocycles. The Labute approximate surface area is 160 Å². The third kappa shape index (κ3) is 6.26. The van der Waals surface area contributed by atoms with Crippen molar-refractivity contribution in [2.75, 3.05) is 26.2 Å². The van der Waals surface area contributed by atoms with Gasteiger partial charge in [0.1, 0.15) is 0 Å². The van der Waals surface area contributed by atoms with E-state index in [0.717, 1.165) is 11.8 Å². The third-order valence-electron chi connectivity index (χ3n) is 5.50. The molecule has 0 radical (unpaired) electrons. The van der Waals surface area contributed by atoms with Crippen LogP contribution in [0.1, 0.15) is 61.6 Å². The molecule has 4 rings (SSSR count). The third-order valence-corrected chi connectivity index (χ3v) is 5.50. The molecule has 2 aromatic rings. The van der Waals surface area contributed by atoms with Crippen LogP contribution in [-0.2, 0) is 0 Å². The Bertz CT molecular complexity index is 594. The Kier molecular flexibility index (Phi) is 8.87. The summed E-state index contributed by atoms with van der Waals surface area (Å²) in [6.45, 7) is 6.86. The summed E-state index contributed by atoms with van der Waals surface area (Å²) in [5.41, 5.74) is 4.39. The monoisotopic (exact) mass is 352 g/mol. The highest BCUT2D eigenvalue weighted by Crippen LogP contribution is 2.25. The molecule has 0 atom stereocenters. The van der Waals surface area contributed by atoms with Gasteiger partial charge in [-0.3, -0.25) is 0 Å². The van der Waals surface area contributed by atoms with Crippen LogP contribution in [0.3, 0.4) is 0 Å². The van der Waals surface area contributed by atoms with Gasteiger partial charge in [-0.1, -0.05) is 67.6 Å². The van der Waals surface area contributed by atoms with Gasteiger partial charge >= 0.3 is 0 Å². The summed E-state index contributed by atoms with van der Waals surface area (Å²) in [5, 5.41) is 6.78. The lowest BCUT2D eigenvalue weighted by Crippen LogP contribution is -2.26. The molecular weight excluding hydrogens is 316 g/mol. The van der Waals surface area contributed by atoms with Gasteiger partial charge in [0.2, 0.25) is 0 Å². The molecule has 0 aromatic heterocycles. The predicted octanol–water partition coefficient (Wildman–Crippen LogP) is 5.25. The molecule has 2 aliphatic rings. The van der Waals surface area contributed by atoms with Gasteiger partial charge < -0.3 is 10.6 Å². The maximum absolute atomic E-state index is 3.40. The molecule has 0 spiro atoms. The second-order valence-electron chi connectivity index (χ2n) is 7.37. The summed E-state index contributed by atoms with van der Waals surface area (Å²) < 4.78 is 0. The van der Waals surface area contributed by atoms with E-state index in [4.69, 9.17) is 0 Å². The summed E-state index contributed by atoms with van der Waals surface area (Å²) in [6.07, 6.45) is 5.18. The van der Waals surface area contributed by atoms with Crippen LogP contribution < -0.4 is 10.6 Å². The number of rotatable bonds is 2.